The fraction of sp³-hybridized carbons (Fsp3) is 0.933. The summed E-state index contributed by atoms with van der Waals surface area (Å²) in [6.07, 6.45) is 11.6. The Morgan fingerprint density at radius 2 is 2.00 bits per heavy atom. The zero-order valence-electron chi connectivity index (χ0n) is 13.1. The molecule has 0 bridgehead atoms. The molecule has 0 heterocycles. The van der Waals surface area contributed by atoms with Gasteiger partial charge < -0.3 is 10.6 Å². The Bertz CT molecular complexity index is 316. The second-order valence-corrected chi connectivity index (χ2v) is 7.59. The first-order chi connectivity index (χ1) is 9.15. The molecule has 3 nitrogen and oxygen atoms in total. The summed E-state index contributed by atoms with van der Waals surface area (Å²) < 4.78 is 0. The van der Waals surface area contributed by atoms with Crippen molar-refractivity contribution in [2.24, 2.45) is 10.4 Å². The lowest BCUT2D eigenvalue weighted by atomic mass is 9.89. The van der Waals surface area contributed by atoms with Crippen LogP contribution in [-0.2, 0) is 0 Å². The second kappa shape index (κ2) is 8.71. The lowest BCUT2D eigenvalue weighted by molar-refractivity contribution is 0.333. The number of hydrogen-bond acceptors (Lipinski definition) is 2. The number of thioether (sulfide) groups is 1. The van der Waals surface area contributed by atoms with Crippen LogP contribution in [0.4, 0.5) is 0 Å². The normalized spacial score (nSPS) is 29.1. The Hall–Kier alpha value is 0.350. The van der Waals surface area contributed by atoms with Crippen LogP contribution < -0.4 is 10.6 Å². The van der Waals surface area contributed by atoms with E-state index in [-0.39, 0.29) is 24.0 Å². The predicted molar refractivity (Wildman–Crippen MR) is 101 cm³/mol. The average Bonchev–Trinajstić information content (AvgIpc) is 3.04. The van der Waals surface area contributed by atoms with Crippen molar-refractivity contribution in [2.75, 3.05) is 19.8 Å². The number of aliphatic imine (C=N–C) groups is 1. The van der Waals surface area contributed by atoms with Crippen LogP contribution in [0.25, 0.3) is 0 Å². The van der Waals surface area contributed by atoms with Crippen molar-refractivity contribution >= 4 is 41.7 Å². The quantitative estimate of drug-likeness (QED) is 0.421. The van der Waals surface area contributed by atoms with Crippen LogP contribution in [0.3, 0.4) is 0 Å². The van der Waals surface area contributed by atoms with Crippen LogP contribution in [0, 0.1) is 5.41 Å². The lowest BCUT2D eigenvalue weighted by Crippen LogP contribution is -2.45. The van der Waals surface area contributed by atoms with Crippen LogP contribution in [0.5, 0.6) is 0 Å². The molecule has 0 radical (unpaired) electrons. The molecule has 2 aliphatic carbocycles. The van der Waals surface area contributed by atoms with E-state index >= 15 is 0 Å². The molecule has 2 saturated carbocycles. The van der Waals surface area contributed by atoms with Crippen LogP contribution in [0.2, 0.25) is 0 Å². The highest BCUT2D eigenvalue weighted by Crippen LogP contribution is 2.36. The minimum atomic E-state index is 0. The van der Waals surface area contributed by atoms with Crippen molar-refractivity contribution in [2.45, 2.75) is 63.2 Å². The highest BCUT2D eigenvalue weighted by Gasteiger charge is 2.29. The number of halogens is 1. The van der Waals surface area contributed by atoms with Gasteiger partial charge in [-0.2, -0.15) is 11.8 Å². The van der Waals surface area contributed by atoms with Crippen LogP contribution in [-0.4, -0.2) is 37.1 Å². The molecule has 0 aromatic carbocycles. The van der Waals surface area contributed by atoms with Crippen molar-refractivity contribution in [3.63, 3.8) is 0 Å². The average molecular weight is 411 g/mol. The van der Waals surface area contributed by atoms with Crippen LogP contribution >= 0.6 is 35.7 Å². The van der Waals surface area contributed by atoms with Crippen LogP contribution in [0.1, 0.15) is 51.9 Å². The third-order valence-corrected chi connectivity index (χ3v) is 5.87. The molecule has 118 valence electrons. The predicted octanol–water partition coefficient (Wildman–Crippen LogP) is 3.63. The van der Waals surface area contributed by atoms with E-state index in [1.54, 1.807) is 0 Å². The summed E-state index contributed by atoms with van der Waals surface area (Å²) in [5, 5.41) is 7.98. The summed E-state index contributed by atoms with van der Waals surface area (Å²) in [5.41, 5.74) is 0.481. The Morgan fingerprint density at radius 1 is 1.30 bits per heavy atom. The van der Waals surface area contributed by atoms with Gasteiger partial charge in [0.15, 0.2) is 5.96 Å². The molecule has 2 fully saturated rings. The maximum absolute atomic E-state index is 4.38. The van der Waals surface area contributed by atoms with Gasteiger partial charge in [0.05, 0.1) is 0 Å². The van der Waals surface area contributed by atoms with E-state index in [0.717, 1.165) is 17.8 Å². The third-order valence-electron chi connectivity index (χ3n) is 4.78. The van der Waals surface area contributed by atoms with Gasteiger partial charge in [-0.3, -0.25) is 4.99 Å². The molecule has 2 rings (SSSR count). The largest absolute Gasteiger partial charge is 0.356 e. The Morgan fingerprint density at radius 3 is 2.55 bits per heavy atom. The number of rotatable bonds is 4. The monoisotopic (exact) mass is 411 g/mol. The Labute approximate surface area is 145 Å². The molecule has 2 N–H and O–H groups in total. The van der Waals surface area contributed by atoms with Crippen molar-refractivity contribution in [3.05, 3.63) is 0 Å². The van der Waals surface area contributed by atoms with E-state index in [1.807, 2.05) is 18.8 Å². The first-order valence-corrected chi connectivity index (χ1v) is 8.94. The summed E-state index contributed by atoms with van der Waals surface area (Å²) >= 11 is 2.00. The minimum absolute atomic E-state index is 0. The molecular weight excluding hydrogens is 381 g/mol. The van der Waals surface area contributed by atoms with Crippen molar-refractivity contribution in [1.82, 2.24) is 10.6 Å². The van der Waals surface area contributed by atoms with Gasteiger partial charge in [-0.25, -0.2) is 0 Å². The fourth-order valence-electron chi connectivity index (χ4n) is 3.38. The summed E-state index contributed by atoms with van der Waals surface area (Å²) in [6, 6.07) is 0.611. The third kappa shape index (κ3) is 5.28. The summed E-state index contributed by atoms with van der Waals surface area (Å²) in [6.45, 7) is 3.46. The van der Waals surface area contributed by atoms with Gasteiger partial charge in [0.1, 0.15) is 0 Å². The maximum Gasteiger partial charge on any atom is 0.191 e. The first kappa shape index (κ1) is 18.4. The molecule has 0 aromatic heterocycles. The highest BCUT2D eigenvalue weighted by atomic mass is 127. The lowest BCUT2D eigenvalue weighted by Gasteiger charge is -2.26. The van der Waals surface area contributed by atoms with E-state index in [1.165, 1.54) is 44.9 Å². The molecule has 0 saturated heterocycles. The van der Waals surface area contributed by atoms with Crippen molar-refractivity contribution in [3.8, 4) is 0 Å². The summed E-state index contributed by atoms with van der Waals surface area (Å²) in [4.78, 5) is 4.38. The van der Waals surface area contributed by atoms with Gasteiger partial charge in [-0.15, -0.1) is 24.0 Å². The van der Waals surface area contributed by atoms with E-state index in [0.29, 0.717) is 11.5 Å². The van der Waals surface area contributed by atoms with Crippen LogP contribution in [0.15, 0.2) is 4.99 Å². The molecular formula is C15H30IN3S. The number of guanidine groups is 1. The second-order valence-electron chi connectivity index (χ2n) is 6.46. The fourth-order valence-corrected chi connectivity index (χ4v) is 4.17. The minimum Gasteiger partial charge on any atom is -0.356 e. The number of nitrogens with zero attached hydrogens (tertiary/aromatic N) is 1. The molecule has 0 amide bonds. The van der Waals surface area contributed by atoms with Gasteiger partial charge in [0, 0.05) is 24.9 Å². The van der Waals surface area contributed by atoms with Gasteiger partial charge in [-0.05, 0) is 43.8 Å². The SMILES string of the molecule is CN=C(NCC1(C)CCCC1)NC1CCC(SC)C1.I. The number of hydrogen-bond donors (Lipinski definition) is 2. The van der Waals surface area contributed by atoms with Crippen molar-refractivity contribution < 1.29 is 0 Å². The molecule has 0 aliphatic heterocycles. The molecule has 2 aliphatic rings. The highest BCUT2D eigenvalue weighted by molar-refractivity contribution is 14.0. The van der Waals surface area contributed by atoms with E-state index in [9.17, 15) is 0 Å². The standard InChI is InChI=1S/C15H29N3S.HI/c1-15(8-4-5-9-15)11-17-14(16-2)18-12-6-7-13(10-12)19-3;/h12-13H,4-11H2,1-3H3,(H2,16,17,18);1H. The van der Waals surface area contributed by atoms with Gasteiger partial charge >= 0.3 is 0 Å². The zero-order valence-corrected chi connectivity index (χ0v) is 16.2. The summed E-state index contributed by atoms with van der Waals surface area (Å²) in [5.74, 6) is 1.000. The molecule has 2 atom stereocenters. The van der Waals surface area contributed by atoms with Crippen molar-refractivity contribution in [1.29, 1.82) is 0 Å². The Balaban J connectivity index is 0.00000200. The molecule has 0 aromatic rings. The smallest absolute Gasteiger partial charge is 0.191 e. The van der Waals surface area contributed by atoms with E-state index < -0.39 is 0 Å². The summed E-state index contributed by atoms with van der Waals surface area (Å²) in [7, 11) is 1.88. The zero-order chi connectivity index (χ0) is 13.7. The van der Waals surface area contributed by atoms with E-state index in [4.69, 9.17) is 0 Å². The van der Waals surface area contributed by atoms with Gasteiger partial charge in [-0.1, -0.05) is 19.8 Å². The molecule has 5 heteroatoms. The van der Waals surface area contributed by atoms with E-state index in [2.05, 4.69) is 28.8 Å². The first-order valence-electron chi connectivity index (χ1n) is 7.65. The molecule has 0 spiro atoms. The molecule has 2 unspecified atom stereocenters. The van der Waals surface area contributed by atoms with Gasteiger partial charge in [0.2, 0.25) is 0 Å². The maximum atomic E-state index is 4.38. The topological polar surface area (TPSA) is 36.4 Å². The Kier molecular flexibility index (Phi) is 8.01. The van der Waals surface area contributed by atoms with Gasteiger partial charge in [0.25, 0.3) is 0 Å². The number of nitrogens with one attached hydrogen (secondary N) is 2. The molecule has 20 heavy (non-hydrogen) atoms.